The Morgan fingerprint density at radius 2 is 1.88 bits per heavy atom. The number of thiophene rings is 1. The lowest BCUT2D eigenvalue weighted by Crippen LogP contribution is -2.34. The maximum absolute atomic E-state index is 12.8. The Balaban J connectivity index is 1.71. The Bertz CT molecular complexity index is 973. The second-order valence-corrected chi connectivity index (χ2v) is 8.60. The average Bonchev–Trinajstić information content (AvgIpc) is 3.14. The molecule has 0 unspecified atom stereocenters. The topological polar surface area (TPSA) is 85.9 Å². The van der Waals surface area contributed by atoms with Crippen molar-refractivity contribution in [3.05, 3.63) is 45.8 Å². The van der Waals surface area contributed by atoms with Gasteiger partial charge in [0, 0.05) is 11.5 Å². The second kappa shape index (κ2) is 11.9. The number of nitrogens with one attached hydrogen (secondary N) is 2. The molecule has 0 fully saturated rings. The highest BCUT2D eigenvalue weighted by Crippen LogP contribution is 2.38. The molecule has 1 amide bonds. The Hall–Kier alpha value is -2.49. The number of fused-ring (bicyclic) bond motifs is 1. The first kappa shape index (κ1) is 24.2. The third-order valence-corrected chi connectivity index (χ3v) is 6.34. The van der Waals surface area contributed by atoms with Gasteiger partial charge in [-0.2, -0.15) is 0 Å². The molecular weight excluding hydrogens is 448 g/mol. The molecule has 2 N–H and O–H groups in total. The number of benzene rings is 1. The smallest absolute Gasteiger partial charge is 0.341 e. The first-order chi connectivity index (χ1) is 15.5. The summed E-state index contributed by atoms with van der Waals surface area (Å²) in [4.78, 5) is 26.6. The van der Waals surface area contributed by atoms with Crippen LogP contribution in [0, 0.1) is 0 Å². The van der Waals surface area contributed by atoms with E-state index in [-0.39, 0.29) is 11.1 Å². The number of thiocarbonyl (C=S) groups is 1. The lowest BCUT2D eigenvalue weighted by molar-refractivity contribution is 0.0526. The van der Waals surface area contributed by atoms with Crippen LogP contribution in [0.25, 0.3) is 0 Å². The zero-order chi connectivity index (χ0) is 22.9. The Labute approximate surface area is 197 Å². The van der Waals surface area contributed by atoms with Gasteiger partial charge in [-0.05, 0) is 69.4 Å². The van der Waals surface area contributed by atoms with Crippen LogP contribution >= 0.6 is 23.6 Å². The van der Waals surface area contributed by atoms with Gasteiger partial charge >= 0.3 is 5.97 Å². The van der Waals surface area contributed by atoms with Crippen LogP contribution in [-0.4, -0.2) is 43.4 Å². The van der Waals surface area contributed by atoms with E-state index < -0.39 is 5.91 Å². The fraction of sp³-hybridized carbons (Fsp3) is 0.435. The van der Waals surface area contributed by atoms with Crippen LogP contribution in [-0.2, 0) is 22.3 Å². The van der Waals surface area contributed by atoms with Gasteiger partial charge in [-0.1, -0.05) is 12.1 Å². The summed E-state index contributed by atoms with van der Waals surface area (Å²) in [5.41, 5.74) is 1.93. The summed E-state index contributed by atoms with van der Waals surface area (Å²) in [5.74, 6) is -0.309. The predicted octanol–water partition coefficient (Wildman–Crippen LogP) is 4.35. The molecule has 3 rings (SSSR count). The summed E-state index contributed by atoms with van der Waals surface area (Å²) in [5, 5.41) is 6.46. The lowest BCUT2D eigenvalue weighted by atomic mass is 9.95. The molecule has 2 aromatic rings. The number of rotatable bonds is 9. The van der Waals surface area contributed by atoms with Crippen LogP contribution in [0.15, 0.2) is 24.3 Å². The van der Waals surface area contributed by atoms with Gasteiger partial charge in [0.2, 0.25) is 0 Å². The number of esters is 1. The fourth-order valence-corrected chi connectivity index (χ4v) is 5.05. The molecule has 0 bridgehead atoms. The number of carbonyl (C=O) groups is 2. The fourth-order valence-electron chi connectivity index (χ4n) is 3.51. The van der Waals surface area contributed by atoms with Gasteiger partial charge in [0.15, 0.2) is 5.11 Å². The third kappa shape index (κ3) is 6.05. The van der Waals surface area contributed by atoms with E-state index in [9.17, 15) is 9.59 Å². The van der Waals surface area contributed by atoms with Gasteiger partial charge in [0.1, 0.15) is 17.4 Å². The molecule has 1 aromatic heterocycles. The molecule has 0 atom stereocenters. The summed E-state index contributed by atoms with van der Waals surface area (Å²) >= 11 is 6.88. The maximum atomic E-state index is 12.8. The first-order valence-corrected chi connectivity index (χ1v) is 12.0. The highest BCUT2D eigenvalue weighted by Gasteiger charge is 2.27. The zero-order valence-corrected chi connectivity index (χ0v) is 20.0. The molecule has 7 nitrogen and oxygen atoms in total. The summed E-state index contributed by atoms with van der Waals surface area (Å²) in [7, 11) is 0. The van der Waals surface area contributed by atoms with E-state index in [0.717, 1.165) is 31.2 Å². The van der Waals surface area contributed by atoms with Gasteiger partial charge in [-0.15, -0.1) is 11.3 Å². The molecule has 0 saturated carbocycles. The molecule has 9 heteroatoms. The van der Waals surface area contributed by atoms with Crippen LogP contribution in [0.3, 0.4) is 0 Å². The van der Waals surface area contributed by atoms with Gasteiger partial charge in [0.05, 0.1) is 24.3 Å². The number of carbonyl (C=O) groups excluding carboxylic acids is 2. The van der Waals surface area contributed by atoms with Crippen LogP contribution in [0.1, 0.15) is 57.8 Å². The van der Waals surface area contributed by atoms with Crippen molar-refractivity contribution >= 4 is 45.5 Å². The maximum Gasteiger partial charge on any atom is 0.341 e. The number of anilines is 1. The quantitative estimate of drug-likeness (QED) is 0.316. The predicted molar refractivity (Wildman–Crippen MR) is 129 cm³/mol. The molecule has 1 heterocycles. The van der Waals surface area contributed by atoms with Gasteiger partial charge in [0.25, 0.3) is 5.91 Å². The number of amides is 1. The highest BCUT2D eigenvalue weighted by molar-refractivity contribution is 7.80. The van der Waals surface area contributed by atoms with Crippen molar-refractivity contribution < 1.29 is 23.8 Å². The molecule has 0 aliphatic heterocycles. The summed E-state index contributed by atoms with van der Waals surface area (Å²) in [6.07, 6.45) is 3.90. The van der Waals surface area contributed by atoms with Gasteiger partial charge in [-0.3, -0.25) is 10.1 Å². The van der Waals surface area contributed by atoms with Crippen molar-refractivity contribution in [3.63, 3.8) is 0 Å². The van der Waals surface area contributed by atoms with Crippen molar-refractivity contribution in [1.82, 2.24) is 5.32 Å². The third-order valence-electron chi connectivity index (χ3n) is 4.93. The van der Waals surface area contributed by atoms with E-state index in [1.165, 1.54) is 16.2 Å². The molecular formula is C23H28N2O5S2. The molecule has 0 radical (unpaired) electrons. The SMILES string of the molecule is CCOCCOc1ccccc1C(=O)NC(=S)Nc1sc2c(c1C(=O)OCC)CCCC2. The summed E-state index contributed by atoms with van der Waals surface area (Å²) in [6, 6.07) is 6.95. The highest BCUT2D eigenvalue weighted by atomic mass is 32.1. The van der Waals surface area contributed by atoms with Crippen LogP contribution in [0.2, 0.25) is 0 Å². The van der Waals surface area contributed by atoms with Crippen molar-refractivity contribution in [2.24, 2.45) is 0 Å². The molecule has 0 spiro atoms. The summed E-state index contributed by atoms with van der Waals surface area (Å²) < 4.78 is 16.2. The standard InChI is InChI=1S/C23H28N2O5S2/c1-3-28-13-14-30-17-11-7-5-9-15(17)20(26)24-23(31)25-21-19(22(27)29-4-2)16-10-6-8-12-18(16)32-21/h5,7,9,11H,3-4,6,8,10,12-14H2,1-2H3,(H2,24,25,26,31). The zero-order valence-electron chi connectivity index (χ0n) is 18.3. The minimum absolute atomic E-state index is 0.114. The van der Waals surface area contributed by atoms with Crippen molar-refractivity contribution in [1.29, 1.82) is 0 Å². The molecule has 172 valence electrons. The van der Waals surface area contributed by atoms with Gasteiger partial charge in [-0.25, -0.2) is 4.79 Å². The lowest BCUT2D eigenvalue weighted by Gasteiger charge is -2.14. The largest absolute Gasteiger partial charge is 0.490 e. The monoisotopic (exact) mass is 476 g/mol. The van der Waals surface area contributed by atoms with E-state index in [0.29, 0.717) is 48.3 Å². The minimum atomic E-state index is -0.395. The second-order valence-electron chi connectivity index (χ2n) is 7.09. The van der Waals surface area contributed by atoms with Crippen LogP contribution < -0.4 is 15.4 Å². The van der Waals surface area contributed by atoms with E-state index in [4.69, 9.17) is 26.4 Å². The van der Waals surface area contributed by atoms with Crippen molar-refractivity contribution in [2.45, 2.75) is 39.5 Å². The number of hydrogen-bond donors (Lipinski definition) is 2. The molecule has 32 heavy (non-hydrogen) atoms. The molecule has 1 aliphatic rings. The Kier molecular flexibility index (Phi) is 9.01. The number of hydrogen-bond acceptors (Lipinski definition) is 7. The average molecular weight is 477 g/mol. The van der Waals surface area contributed by atoms with E-state index >= 15 is 0 Å². The van der Waals surface area contributed by atoms with Crippen LogP contribution in [0.4, 0.5) is 5.00 Å². The number of ether oxygens (including phenoxy) is 3. The van der Waals surface area contributed by atoms with Crippen molar-refractivity contribution in [3.8, 4) is 5.75 Å². The minimum Gasteiger partial charge on any atom is -0.490 e. The van der Waals surface area contributed by atoms with E-state index in [1.54, 1.807) is 31.2 Å². The number of para-hydroxylation sites is 1. The van der Waals surface area contributed by atoms with Gasteiger partial charge < -0.3 is 19.5 Å². The normalized spacial score (nSPS) is 12.6. The summed E-state index contributed by atoms with van der Waals surface area (Å²) in [6.45, 7) is 5.36. The molecule has 0 saturated heterocycles. The van der Waals surface area contributed by atoms with E-state index in [2.05, 4.69) is 10.6 Å². The first-order valence-electron chi connectivity index (χ1n) is 10.8. The molecule has 1 aromatic carbocycles. The number of aryl methyl sites for hydroxylation is 1. The molecule has 1 aliphatic carbocycles. The van der Waals surface area contributed by atoms with Crippen LogP contribution in [0.5, 0.6) is 5.75 Å². The van der Waals surface area contributed by atoms with Crippen molar-refractivity contribution in [2.75, 3.05) is 31.7 Å². The van der Waals surface area contributed by atoms with E-state index in [1.807, 2.05) is 6.92 Å². The Morgan fingerprint density at radius 1 is 1.09 bits per heavy atom. The Morgan fingerprint density at radius 3 is 2.66 bits per heavy atom.